The van der Waals surface area contributed by atoms with Crippen molar-refractivity contribution in [2.75, 3.05) is 20.1 Å². The van der Waals surface area contributed by atoms with E-state index in [0.29, 0.717) is 28.6 Å². The first-order chi connectivity index (χ1) is 19.1. The van der Waals surface area contributed by atoms with Gasteiger partial charge >= 0.3 is 0 Å². The summed E-state index contributed by atoms with van der Waals surface area (Å²) < 4.78 is 27.0. The summed E-state index contributed by atoms with van der Waals surface area (Å²) >= 11 is 12.6. The van der Waals surface area contributed by atoms with Gasteiger partial charge in [0.1, 0.15) is 6.04 Å². The van der Waals surface area contributed by atoms with Gasteiger partial charge in [-0.2, -0.15) is 0 Å². The van der Waals surface area contributed by atoms with Gasteiger partial charge in [-0.05, 0) is 48.2 Å². The second-order valence-electron chi connectivity index (χ2n) is 9.50. The maximum atomic E-state index is 13.7. The Balaban J connectivity index is 1.84. The first kappa shape index (κ1) is 31.6. The Kier molecular flexibility index (Phi) is 12.0. The average Bonchev–Trinajstić information content (AvgIpc) is 2.95. The molecule has 0 fully saturated rings. The summed E-state index contributed by atoms with van der Waals surface area (Å²) in [4.78, 5) is 28.9. The molecule has 3 aromatic carbocycles. The van der Waals surface area contributed by atoms with Crippen molar-refractivity contribution in [1.29, 1.82) is 0 Å². The van der Waals surface area contributed by atoms with E-state index in [2.05, 4.69) is 5.32 Å². The molecule has 0 saturated carbocycles. The molecule has 10 heteroatoms. The molecule has 0 aliphatic carbocycles. The van der Waals surface area contributed by atoms with E-state index in [0.717, 1.165) is 12.0 Å². The summed E-state index contributed by atoms with van der Waals surface area (Å²) in [5.74, 6) is -0.531. The number of sulfonamides is 1. The van der Waals surface area contributed by atoms with Crippen LogP contribution in [0, 0.1) is 0 Å². The van der Waals surface area contributed by atoms with E-state index in [1.54, 1.807) is 41.3 Å². The molecule has 214 valence electrons. The minimum absolute atomic E-state index is 0.0478. The van der Waals surface area contributed by atoms with Gasteiger partial charge in [0, 0.05) is 49.6 Å². The molecule has 0 radical (unpaired) electrons. The molecule has 2 amide bonds. The summed E-state index contributed by atoms with van der Waals surface area (Å²) in [6, 6.07) is 21.9. The first-order valence-electron chi connectivity index (χ1n) is 13.2. The standard InChI is InChI=1S/C30H35Cl2N3O4S/c1-3-18-33-30(37)28(20-23-11-6-4-7-12-23)35(22-24-16-17-25(31)21-27(24)32)29(36)15-10-19-34(2)40(38,39)26-13-8-5-9-14-26/h4-9,11-14,16-17,21,28H,3,10,15,18-20,22H2,1-2H3,(H,33,37). The zero-order valence-corrected chi connectivity index (χ0v) is 25.1. The normalized spacial score (nSPS) is 12.2. The quantitative estimate of drug-likeness (QED) is 0.261. The van der Waals surface area contributed by atoms with Crippen molar-refractivity contribution in [2.45, 2.75) is 50.1 Å². The van der Waals surface area contributed by atoms with Gasteiger partial charge in [-0.1, -0.05) is 84.7 Å². The highest BCUT2D eigenvalue weighted by molar-refractivity contribution is 7.89. The van der Waals surface area contributed by atoms with Crippen molar-refractivity contribution in [2.24, 2.45) is 0 Å². The predicted molar refractivity (Wildman–Crippen MR) is 160 cm³/mol. The van der Waals surface area contributed by atoms with Crippen LogP contribution in [0.5, 0.6) is 0 Å². The summed E-state index contributed by atoms with van der Waals surface area (Å²) in [5.41, 5.74) is 1.57. The van der Waals surface area contributed by atoms with Gasteiger partial charge in [-0.3, -0.25) is 9.59 Å². The third-order valence-electron chi connectivity index (χ3n) is 6.49. The second-order valence-corrected chi connectivity index (χ2v) is 12.4. The lowest BCUT2D eigenvalue weighted by molar-refractivity contribution is -0.141. The molecule has 3 aromatic rings. The molecule has 0 aliphatic heterocycles. The van der Waals surface area contributed by atoms with Crippen molar-refractivity contribution in [3.8, 4) is 0 Å². The van der Waals surface area contributed by atoms with Crippen LogP contribution in [0.4, 0.5) is 0 Å². The van der Waals surface area contributed by atoms with E-state index in [1.165, 1.54) is 23.5 Å². The van der Waals surface area contributed by atoms with E-state index in [4.69, 9.17) is 23.2 Å². The van der Waals surface area contributed by atoms with Crippen LogP contribution in [0.15, 0.2) is 83.8 Å². The minimum Gasteiger partial charge on any atom is -0.354 e. The fourth-order valence-corrected chi connectivity index (χ4v) is 5.94. The number of halogens is 2. The minimum atomic E-state index is -3.68. The van der Waals surface area contributed by atoms with Crippen molar-refractivity contribution < 1.29 is 18.0 Å². The van der Waals surface area contributed by atoms with Gasteiger partial charge in [0.05, 0.1) is 4.90 Å². The van der Waals surface area contributed by atoms with Crippen molar-refractivity contribution >= 4 is 45.0 Å². The van der Waals surface area contributed by atoms with Crippen molar-refractivity contribution in [3.63, 3.8) is 0 Å². The molecule has 0 spiro atoms. The molecule has 0 aromatic heterocycles. The molecular weight excluding hydrogens is 569 g/mol. The summed E-state index contributed by atoms with van der Waals surface area (Å²) in [6.45, 7) is 2.69. The van der Waals surface area contributed by atoms with E-state index in [1.807, 2.05) is 37.3 Å². The number of nitrogens with one attached hydrogen (secondary N) is 1. The van der Waals surface area contributed by atoms with Crippen molar-refractivity contribution in [1.82, 2.24) is 14.5 Å². The molecule has 40 heavy (non-hydrogen) atoms. The molecular formula is C30H35Cl2N3O4S. The van der Waals surface area contributed by atoms with Crippen LogP contribution in [0.3, 0.4) is 0 Å². The zero-order valence-electron chi connectivity index (χ0n) is 22.7. The summed E-state index contributed by atoms with van der Waals surface area (Å²) in [5, 5.41) is 3.80. The van der Waals surface area contributed by atoms with Crippen LogP contribution in [-0.4, -0.2) is 55.6 Å². The lowest BCUT2D eigenvalue weighted by Crippen LogP contribution is -2.50. The largest absolute Gasteiger partial charge is 0.354 e. The van der Waals surface area contributed by atoms with Gasteiger partial charge in [0.15, 0.2) is 0 Å². The molecule has 7 nitrogen and oxygen atoms in total. The predicted octanol–water partition coefficient (Wildman–Crippen LogP) is 5.56. The number of carbonyl (C=O) groups is 2. The Morgan fingerprint density at radius 1 is 0.950 bits per heavy atom. The molecule has 0 bridgehead atoms. The molecule has 3 rings (SSSR count). The smallest absolute Gasteiger partial charge is 0.243 e. The van der Waals surface area contributed by atoms with E-state index in [-0.39, 0.29) is 42.6 Å². The molecule has 0 aliphatic rings. The van der Waals surface area contributed by atoms with E-state index in [9.17, 15) is 18.0 Å². The number of hydrogen-bond acceptors (Lipinski definition) is 4. The SMILES string of the molecule is CCCNC(=O)C(Cc1ccccc1)N(Cc1ccc(Cl)cc1Cl)C(=O)CCCN(C)S(=O)(=O)c1ccccc1. The van der Waals surface area contributed by atoms with Crippen LogP contribution < -0.4 is 5.32 Å². The van der Waals surface area contributed by atoms with Gasteiger partial charge in [-0.15, -0.1) is 0 Å². The van der Waals surface area contributed by atoms with Gasteiger partial charge in [0.25, 0.3) is 0 Å². The molecule has 1 atom stereocenters. The van der Waals surface area contributed by atoms with Crippen LogP contribution in [0.2, 0.25) is 10.0 Å². The summed E-state index contributed by atoms with van der Waals surface area (Å²) in [6.07, 6.45) is 1.39. The van der Waals surface area contributed by atoms with E-state index >= 15 is 0 Å². The highest BCUT2D eigenvalue weighted by Gasteiger charge is 2.31. The van der Waals surface area contributed by atoms with Crippen LogP contribution >= 0.6 is 23.2 Å². The maximum absolute atomic E-state index is 13.7. The number of rotatable bonds is 14. The zero-order chi connectivity index (χ0) is 29.1. The topological polar surface area (TPSA) is 86.8 Å². The Morgan fingerprint density at radius 3 is 2.23 bits per heavy atom. The van der Waals surface area contributed by atoms with Gasteiger partial charge in [0.2, 0.25) is 21.8 Å². The molecule has 0 saturated heterocycles. The van der Waals surface area contributed by atoms with Crippen LogP contribution in [0.25, 0.3) is 0 Å². The highest BCUT2D eigenvalue weighted by Crippen LogP contribution is 2.25. The highest BCUT2D eigenvalue weighted by atomic mass is 35.5. The number of hydrogen-bond donors (Lipinski definition) is 1. The fourth-order valence-electron chi connectivity index (χ4n) is 4.24. The number of amides is 2. The third-order valence-corrected chi connectivity index (χ3v) is 8.95. The molecule has 1 N–H and O–H groups in total. The second kappa shape index (κ2) is 15.2. The van der Waals surface area contributed by atoms with Crippen LogP contribution in [-0.2, 0) is 32.6 Å². The molecule has 0 heterocycles. The number of benzene rings is 3. The fraction of sp³-hybridized carbons (Fsp3) is 0.333. The lowest BCUT2D eigenvalue weighted by Gasteiger charge is -2.32. The number of nitrogens with zero attached hydrogens (tertiary/aromatic N) is 2. The van der Waals surface area contributed by atoms with Gasteiger partial charge < -0.3 is 10.2 Å². The third kappa shape index (κ3) is 8.80. The Hall–Kier alpha value is -2.91. The van der Waals surface area contributed by atoms with Gasteiger partial charge in [-0.25, -0.2) is 12.7 Å². The average molecular weight is 605 g/mol. The van der Waals surface area contributed by atoms with Crippen LogP contribution in [0.1, 0.15) is 37.3 Å². The Labute approximate surface area is 247 Å². The maximum Gasteiger partial charge on any atom is 0.243 e. The Morgan fingerprint density at radius 2 is 1.60 bits per heavy atom. The lowest BCUT2D eigenvalue weighted by atomic mass is 10.0. The van der Waals surface area contributed by atoms with E-state index < -0.39 is 16.1 Å². The summed E-state index contributed by atoms with van der Waals surface area (Å²) in [7, 11) is -2.19. The molecule has 1 unspecified atom stereocenters. The van der Waals surface area contributed by atoms with Crippen molar-refractivity contribution in [3.05, 3.63) is 100 Å². The monoisotopic (exact) mass is 603 g/mol. The Bertz CT molecular complexity index is 1370. The number of carbonyl (C=O) groups excluding carboxylic acids is 2. The first-order valence-corrected chi connectivity index (χ1v) is 15.4.